The van der Waals surface area contributed by atoms with Crippen LogP contribution in [-0.2, 0) is 6.42 Å². The molecule has 3 rings (SSSR count). The van der Waals surface area contributed by atoms with E-state index in [1.165, 1.54) is 44.1 Å². The van der Waals surface area contributed by atoms with Crippen molar-refractivity contribution in [1.29, 1.82) is 0 Å². The number of halogens is 1. The predicted octanol–water partition coefficient (Wildman–Crippen LogP) is 7.01. The first-order valence-electron chi connectivity index (χ1n) is 10.1. The lowest BCUT2D eigenvalue weighted by Crippen LogP contribution is -2.10. The first-order chi connectivity index (χ1) is 12.7. The van der Waals surface area contributed by atoms with Gasteiger partial charge in [0, 0.05) is 17.0 Å². The lowest BCUT2D eigenvalue weighted by Gasteiger charge is -2.21. The summed E-state index contributed by atoms with van der Waals surface area (Å²) in [6, 6.07) is 13.7. The standard InChI is InChI=1S/C25H29F/c1-3-4-5-20-12-15-23(16-13-20)24-17-14-22(18-25(24)26)11-10-21-8-6-19(2)7-9-21/h12-19,21H,3-9H2,1-2H3. The van der Waals surface area contributed by atoms with Gasteiger partial charge in [-0.15, -0.1) is 0 Å². The van der Waals surface area contributed by atoms with E-state index in [2.05, 4.69) is 37.8 Å². The fraction of sp³-hybridized carbons (Fsp3) is 0.440. The van der Waals surface area contributed by atoms with Crippen LogP contribution in [0.5, 0.6) is 0 Å². The van der Waals surface area contributed by atoms with E-state index in [4.69, 9.17) is 0 Å². The van der Waals surface area contributed by atoms with E-state index in [9.17, 15) is 4.39 Å². The highest BCUT2D eigenvalue weighted by atomic mass is 19.1. The number of hydrogen-bond acceptors (Lipinski definition) is 0. The molecule has 26 heavy (non-hydrogen) atoms. The molecule has 1 aliphatic carbocycles. The number of hydrogen-bond donors (Lipinski definition) is 0. The highest BCUT2D eigenvalue weighted by molar-refractivity contribution is 5.65. The van der Waals surface area contributed by atoms with Crippen LogP contribution in [0.4, 0.5) is 4.39 Å². The summed E-state index contributed by atoms with van der Waals surface area (Å²) < 4.78 is 14.6. The Labute approximate surface area is 157 Å². The van der Waals surface area contributed by atoms with Crippen LogP contribution < -0.4 is 0 Å². The SMILES string of the molecule is CCCCc1ccc(-c2ccc(C#CC3CCC(C)CC3)cc2F)cc1. The molecular weight excluding hydrogens is 319 g/mol. The Bertz CT molecular complexity index is 768. The zero-order valence-electron chi connectivity index (χ0n) is 16.0. The highest BCUT2D eigenvalue weighted by Crippen LogP contribution is 2.28. The summed E-state index contributed by atoms with van der Waals surface area (Å²) >= 11 is 0. The first kappa shape index (κ1) is 18.7. The van der Waals surface area contributed by atoms with Crippen LogP contribution in [0.3, 0.4) is 0 Å². The molecule has 1 heteroatoms. The van der Waals surface area contributed by atoms with Crippen molar-refractivity contribution in [3.8, 4) is 23.0 Å². The molecule has 1 aliphatic rings. The highest BCUT2D eigenvalue weighted by Gasteiger charge is 2.16. The molecule has 0 aromatic heterocycles. The molecule has 0 nitrogen and oxygen atoms in total. The summed E-state index contributed by atoms with van der Waals surface area (Å²) in [6.45, 7) is 4.51. The Hall–Kier alpha value is -2.07. The van der Waals surface area contributed by atoms with E-state index in [1.807, 2.05) is 24.3 Å². The van der Waals surface area contributed by atoms with Gasteiger partial charge in [-0.1, -0.05) is 62.4 Å². The molecule has 1 saturated carbocycles. The first-order valence-corrected chi connectivity index (χ1v) is 10.1. The van der Waals surface area contributed by atoms with E-state index >= 15 is 0 Å². The second-order valence-corrected chi connectivity index (χ2v) is 7.72. The molecule has 0 heterocycles. The van der Waals surface area contributed by atoms with Gasteiger partial charge in [-0.3, -0.25) is 0 Å². The smallest absolute Gasteiger partial charge is 0.132 e. The average molecular weight is 349 g/mol. The molecule has 136 valence electrons. The van der Waals surface area contributed by atoms with Crippen LogP contribution >= 0.6 is 0 Å². The average Bonchev–Trinajstić information content (AvgIpc) is 2.66. The van der Waals surface area contributed by atoms with E-state index in [0.29, 0.717) is 11.5 Å². The number of unbranched alkanes of at least 4 members (excludes halogenated alkanes) is 1. The van der Waals surface area contributed by atoms with Crippen LogP contribution in [0.2, 0.25) is 0 Å². The van der Waals surface area contributed by atoms with E-state index in [0.717, 1.165) is 23.5 Å². The number of rotatable bonds is 4. The van der Waals surface area contributed by atoms with Gasteiger partial charge in [-0.05, 0) is 67.7 Å². The van der Waals surface area contributed by atoms with E-state index < -0.39 is 0 Å². The summed E-state index contributed by atoms with van der Waals surface area (Å²) in [7, 11) is 0. The van der Waals surface area contributed by atoms with Crippen molar-refractivity contribution >= 4 is 0 Å². The zero-order chi connectivity index (χ0) is 18.4. The molecule has 0 N–H and O–H groups in total. The van der Waals surface area contributed by atoms with Crippen molar-refractivity contribution in [3.63, 3.8) is 0 Å². The van der Waals surface area contributed by atoms with E-state index in [-0.39, 0.29) is 5.82 Å². The van der Waals surface area contributed by atoms with Gasteiger partial charge in [-0.25, -0.2) is 4.39 Å². The van der Waals surface area contributed by atoms with Gasteiger partial charge in [0.1, 0.15) is 5.82 Å². The van der Waals surface area contributed by atoms with Crippen LogP contribution in [0.15, 0.2) is 42.5 Å². The van der Waals surface area contributed by atoms with Crippen molar-refractivity contribution in [1.82, 2.24) is 0 Å². The maximum Gasteiger partial charge on any atom is 0.132 e. The predicted molar refractivity (Wildman–Crippen MR) is 108 cm³/mol. The van der Waals surface area contributed by atoms with Gasteiger partial charge >= 0.3 is 0 Å². The van der Waals surface area contributed by atoms with Gasteiger partial charge < -0.3 is 0 Å². The molecule has 0 spiro atoms. The molecule has 2 aromatic carbocycles. The molecule has 0 aliphatic heterocycles. The second kappa shape index (κ2) is 9.04. The van der Waals surface area contributed by atoms with Gasteiger partial charge in [-0.2, -0.15) is 0 Å². The molecular formula is C25H29F. The molecule has 0 radical (unpaired) electrons. The fourth-order valence-electron chi connectivity index (χ4n) is 3.65. The van der Waals surface area contributed by atoms with Crippen molar-refractivity contribution in [3.05, 3.63) is 59.4 Å². The monoisotopic (exact) mass is 348 g/mol. The van der Waals surface area contributed by atoms with Crippen molar-refractivity contribution in [2.24, 2.45) is 11.8 Å². The Morgan fingerprint density at radius 2 is 1.73 bits per heavy atom. The van der Waals surface area contributed by atoms with Crippen molar-refractivity contribution < 1.29 is 4.39 Å². The summed E-state index contributed by atoms with van der Waals surface area (Å²) in [5, 5.41) is 0. The van der Waals surface area contributed by atoms with Gasteiger partial charge in [0.2, 0.25) is 0 Å². The summed E-state index contributed by atoms with van der Waals surface area (Å²) in [6.07, 6.45) is 8.37. The maximum absolute atomic E-state index is 14.6. The second-order valence-electron chi connectivity index (χ2n) is 7.72. The Kier molecular flexibility index (Phi) is 6.51. The lowest BCUT2D eigenvalue weighted by molar-refractivity contribution is 0.337. The third kappa shape index (κ3) is 4.98. The van der Waals surface area contributed by atoms with Crippen LogP contribution in [0.1, 0.15) is 63.5 Å². The largest absolute Gasteiger partial charge is 0.206 e. The Balaban J connectivity index is 1.69. The molecule has 1 fully saturated rings. The van der Waals surface area contributed by atoms with Crippen molar-refractivity contribution in [2.45, 2.75) is 58.8 Å². The van der Waals surface area contributed by atoms with E-state index in [1.54, 1.807) is 6.07 Å². The van der Waals surface area contributed by atoms with Crippen LogP contribution in [0, 0.1) is 29.5 Å². The summed E-state index contributed by atoms with van der Waals surface area (Å²) in [4.78, 5) is 0. The normalized spacial score (nSPS) is 19.7. The third-order valence-electron chi connectivity index (χ3n) is 5.49. The Morgan fingerprint density at radius 1 is 1.00 bits per heavy atom. The van der Waals surface area contributed by atoms with Gasteiger partial charge in [0.25, 0.3) is 0 Å². The third-order valence-corrected chi connectivity index (χ3v) is 5.49. The summed E-state index contributed by atoms with van der Waals surface area (Å²) in [5.41, 5.74) is 3.69. The number of aryl methyl sites for hydroxylation is 1. The minimum Gasteiger partial charge on any atom is -0.206 e. The summed E-state index contributed by atoms with van der Waals surface area (Å²) in [5.74, 6) is 7.67. The van der Waals surface area contributed by atoms with Gasteiger partial charge in [0.15, 0.2) is 0 Å². The van der Waals surface area contributed by atoms with Crippen LogP contribution in [-0.4, -0.2) is 0 Å². The minimum atomic E-state index is -0.185. The number of benzene rings is 2. The fourth-order valence-corrected chi connectivity index (χ4v) is 3.65. The molecule has 0 saturated heterocycles. The molecule has 0 unspecified atom stereocenters. The quantitative estimate of drug-likeness (QED) is 0.521. The molecule has 2 aromatic rings. The Morgan fingerprint density at radius 3 is 2.38 bits per heavy atom. The molecule has 0 atom stereocenters. The van der Waals surface area contributed by atoms with Gasteiger partial charge in [0.05, 0.1) is 0 Å². The molecule has 0 bridgehead atoms. The topological polar surface area (TPSA) is 0 Å². The zero-order valence-corrected chi connectivity index (χ0v) is 16.0. The minimum absolute atomic E-state index is 0.185. The maximum atomic E-state index is 14.6. The van der Waals surface area contributed by atoms with Crippen LogP contribution in [0.25, 0.3) is 11.1 Å². The van der Waals surface area contributed by atoms with Crippen molar-refractivity contribution in [2.75, 3.05) is 0 Å². The molecule has 0 amide bonds. The lowest BCUT2D eigenvalue weighted by atomic mass is 9.83.